The lowest BCUT2D eigenvalue weighted by Gasteiger charge is -2.26. The first-order chi connectivity index (χ1) is 15.8. The first-order valence-corrected chi connectivity index (χ1v) is 13.1. The summed E-state index contributed by atoms with van der Waals surface area (Å²) in [4.78, 5) is 0. The maximum atomic E-state index is 5.86. The van der Waals surface area contributed by atoms with Gasteiger partial charge in [0.25, 0.3) is 0 Å². The highest BCUT2D eigenvalue weighted by Gasteiger charge is 2.21. The summed E-state index contributed by atoms with van der Waals surface area (Å²) in [6, 6.07) is 17.8. The topological polar surface area (TPSA) is 9.23 Å². The van der Waals surface area contributed by atoms with Crippen molar-refractivity contribution in [1.82, 2.24) is 0 Å². The van der Waals surface area contributed by atoms with Gasteiger partial charge in [-0.2, -0.15) is 0 Å². The van der Waals surface area contributed by atoms with E-state index >= 15 is 0 Å². The molecular formula is C31H42O. The van der Waals surface area contributed by atoms with Crippen LogP contribution in [0.5, 0.6) is 5.75 Å². The minimum atomic E-state index is 0.543. The summed E-state index contributed by atoms with van der Waals surface area (Å²) in [7, 11) is 0. The Balaban J connectivity index is 1.41. The second-order valence-corrected chi connectivity index (χ2v) is 9.45. The van der Waals surface area contributed by atoms with E-state index in [2.05, 4.69) is 74.2 Å². The monoisotopic (exact) mass is 430 g/mol. The molecule has 32 heavy (non-hydrogen) atoms. The van der Waals surface area contributed by atoms with Gasteiger partial charge in [-0.15, -0.1) is 0 Å². The van der Waals surface area contributed by atoms with E-state index in [1.54, 1.807) is 0 Å². The van der Waals surface area contributed by atoms with E-state index in [1.165, 1.54) is 87.3 Å². The summed E-state index contributed by atoms with van der Waals surface area (Å²) < 4.78 is 5.86. The molecule has 1 fully saturated rings. The minimum Gasteiger partial charge on any atom is -0.494 e. The Hall–Kier alpha value is -2.20. The molecule has 1 heteroatoms. The summed E-state index contributed by atoms with van der Waals surface area (Å²) >= 11 is 0. The predicted octanol–water partition coefficient (Wildman–Crippen LogP) is 8.70. The Bertz CT molecular complexity index is 814. The molecule has 1 aliphatic rings. The molecule has 1 nitrogen and oxygen atoms in total. The van der Waals surface area contributed by atoms with Crippen molar-refractivity contribution in [2.75, 3.05) is 6.61 Å². The van der Waals surface area contributed by atoms with E-state index in [9.17, 15) is 0 Å². The second-order valence-electron chi connectivity index (χ2n) is 9.45. The third-order valence-corrected chi connectivity index (χ3v) is 6.79. The average Bonchev–Trinajstić information content (AvgIpc) is 2.85. The number of hydrogen-bond acceptors (Lipinski definition) is 1. The van der Waals surface area contributed by atoms with Crippen molar-refractivity contribution >= 4 is 0 Å². The van der Waals surface area contributed by atoms with Crippen LogP contribution in [0.2, 0.25) is 0 Å². The number of ether oxygens (including phenoxy) is 1. The van der Waals surface area contributed by atoms with Crippen LogP contribution in [0.15, 0.2) is 48.5 Å². The lowest BCUT2D eigenvalue weighted by atomic mass is 9.79. The number of aryl methyl sites for hydroxylation is 1. The Kier molecular flexibility index (Phi) is 10.7. The van der Waals surface area contributed by atoms with Crippen LogP contribution in [0.3, 0.4) is 0 Å². The zero-order valence-corrected chi connectivity index (χ0v) is 20.4. The van der Waals surface area contributed by atoms with Crippen LogP contribution in [-0.2, 0) is 6.42 Å². The Morgan fingerprint density at radius 2 is 1.44 bits per heavy atom. The number of rotatable bonds is 11. The minimum absolute atomic E-state index is 0.543. The Labute approximate surface area is 197 Å². The number of benzene rings is 2. The maximum Gasteiger partial charge on any atom is 0.119 e. The van der Waals surface area contributed by atoms with E-state index in [1.807, 2.05) is 0 Å². The number of hydrogen-bond donors (Lipinski definition) is 0. The van der Waals surface area contributed by atoms with Crippen molar-refractivity contribution in [3.63, 3.8) is 0 Å². The van der Waals surface area contributed by atoms with E-state index in [0.29, 0.717) is 11.8 Å². The first-order valence-electron chi connectivity index (χ1n) is 13.1. The van der Waals surface area contributed by atoms with Gasteiger partial charge in [-0.3, -0.25) is 0 Å². The molecule has 0 heterocycles. The largest absolute Gasteiger partial charge is 0.494 e. The van der Waals surface area contributed by atoms with E-state index < -0.39 is 0 Å². The van der Waals surface area contributed by atoms with Crippen molar-refractivity contribution in [3.8, 4) is 17.6 Å². The third-order valence-electron chi connectivity index (χ3n) is 6.79. The molecule has 0 bridgehead atoms. The molecule has 0 aromatic heterocycles. The lowest BCUT2D eigenvalue weighted by molar-refractivity contribution is 0.306. The van der Waals surface area contributed by atoms with Crippen LogP contribution in [0.1, 0.15) is 107 Å². The zero-order valence-electron chi connectivity index (χ0n) is 20.4. The van der Waals surface area contributed by atoms with Crippen LogP contribution in [0.25, 0.3) is 0 Å². The van der Waals surface area contributed by atoms with Crippen molar-refractivity contribution in [2.45, 2.75) is 96.8 Å². The van der Waals surface area contributed by atoms with Crippen molar-refractivity contribution in [3.05, 3.63) is 65.2 Å². The Morgan fingerprint density at radius 1 is 0.750 bits per heavy atom. The van der Waals surface area contributed by atoms with Gasteiger partial charge >= 0.3 is 0 Å². The second kappa shape index (κ2) is 14.1. The third kappa shape index (κ3) is 8.38. The molecule has 2 aromatic rings. The summed E-state index contributed by atoms with van der Waals surface area (Å²) in [6.45, 7) is 5.32. The van der Waals surface area contributed by atoms with E-state index in [0.717, 1.165) is 18.8 Å². The van der Waals surface area contributed by atoms with Gasteiger partial charge in [0.05, 0.1) is 6.61 Å². The van der Waals surface area contributed by atoms with Crippen LogP contribution in [0.4, 0.5) is 0 Å². The normalized spacial score (nSPS) is 18.1. The van der Waals surface area contributed by atoms with Crippen molar-refractivity contribution in [2.24, 2.45) is 5.92 Å². The Morgan fingerprint density at radius 3 is 2.12 bits per heavy atom. The van der Waals surface area contributed by atoms with E-state index in [-0.39, 0.29) is 0 Å². The summed E-state index contributed by atoms with van der Waals surface area (Å²) in [5, 5.41) is 0. The highest BCUT2D eigenvalue weighted by atomic mass is 16.5. The molecular weight excluding hydrogens is 388 g/mol. The number of unbranched alkanes of at least 4 members (excludes halogenated alkanes) is 5. The van der Waals surface area contributed by atoms with Gasteiger partial charge in [-0.25, -0.2) is 0 Å². The summed E-state index contributed by atoms with van der Waals surface area (Å²) in [5.41, 5.74) is 4.08. The average molecular weight is 431 g/mol. The summed E-state index contributed by atoms with van der Waals surface area (Å²) in [6.07, 6.45) is 15.0. The van der Waals surface area contributed by atoms with Gasteiger partial charge in [-0.1, -0.05) is 82.1 Å². The molecule has 0 radical (unpaired) electrons. The molecule has 0 unspecified atom stereocenters. The molecule has 0 amide bonds. The molecule has 0 atom stereocenters. The zero-order chi connectivity index (χ0) is 22.4. The van der Waals surface area contributed by atoms with Gasteiger partial charge in [-0.05, 0) is 86.3 Å². The molecule has 2 aromatic carbocycles. The molecule has 0 aliphatic heterocycles. The lowest BCUT2D eigenvalue weighted by Crippen LogP contribution is -2.12. The van der Waals surface area contributed by atoms with Gasteiger partial charge < -0.3 is 4.74 Å². The quantitative estimate of drug-likeness (QED) is 0.256. The molecule has 0 N–H and O–H groups in total. The standard InChI is InChI=1S/C31H42O/c1-3-5-7-8-10-26-11-13-27(14-12-26)15-16-28-17-19-29(20-18-28)30-21-23-31(24-22-30)32-25-9-6-4-2/h11-14,21-24,28-29H,3-10,17-20,25H2,1-2H3/t28-,29-. The summed E-state index contributed by atoms with van der Waals surface area (Å²) in [5.74, 6) is 9.23. The van der Waals surface area contributed by atoms with Crippen LogP contribution >= 0.6 is 0 Å². The molecule has 172 valence electrons. The first kappa shape index (κ1) is 24.4. The highest BCUT2D eigenvalue weighted by molar-refractivity contribution is 5.37. The van der Waals surface area contributed by atoms with Crippen LogP contribution < -0.4 is 4.74 Å². The van der Waals surface area contributed by atoms with Gasteiger partial charge in [0.1, 0.15) is 5.75 Å². The molecule has 1 aliphatic carbocycles. The van der Waals surface area contributed by atoms with Gasteiger partial charge in [0, 0.05) is 11.5 Å². The van der Waals surface area contributed by atoms with Gasteiger partial charge in [0.2, 0.25) is 0 Å². The highest BCUT2D eigenvalue weighted by Crippen LogP contribution is 2.36. The fourth-order valence-electron chi connectivity index (χ4n) is 4.65. The molecule has 1 saturated carbocycles. The van der Waals surface area contributed by atoms with Crippen LogP contribution in [0, 0.1) is 17.8 Å². The smallest absolute Gasteiger partial charge is 0.119 e. The van der Waals surface area contributed by atoms with Crippen molar-refractivity contribution in [1.29, 1.82) is 0 Å². The van der Waals surface area contributed by atoms with Crippen LogP contribution in [-0.4, -0.2) is 6.61 Å². The fourth-order valence-corrected chi connectivity index (χ4v) is 4.65. The fraction of sp³-hybridized carbons (Fsp3) is 0.548. The SMILES string of the molecule is CCCCCCc1ccc(C#C[C@H]2CC[C@H](c3ccc(OCCCCC)cc3)CC2)cc1. The predicted molar refractivity (Wildman–Crippen MR) is 137 cm³/mol. The molecule has 3 rings (SSSR count). The molecule has 0 spiro atoms. The molecule has 0 saturated heterocycles. The van der Waals surface area contributed by atoms with E-state index in [4.69, 9.17) is 4.74 Å². The van der Waals surface area contributed by atoms with Gasteiger partial charge in [0.15, 0.2) is 0 Å². The maximum absolute atomic E-state index is 5.86. The van der Waals surface area contributed by atoms with Crippen molar-refractivity contribution < 1.29 is 4.74 Å².